The molecule has 2 aromatic carbocycles. The Bertz CT molecular complexity index is 1560. The van der Waals surface area contributed by atoms with Gasteiger partial charge < -0.3 is 20.1 Å². The topological polar surface area (TPSA) is 92.9 Å². The van der Waals surface area contributed by atoms with E-state index in [1.165, 1.54) is 11.1 Å². The summed E-state index contributed by atoms with van der Waals surface area (Å²) in [6.45, 7) is 6.02. The number of rotatable bonds is 5. The summed E-state index contributed by atoms with van der Waals surface area (Å²) in [4.78, 5) is 24.6. The number of carbonyl (C=O) groups is 1. The first-order chi connectivity index (χ1) is 17.6. The molecule has 0 radical (unpaired) electrons. The second-order valence-corrected chi connectivity index (χ2v) is 9.41. The summed E-state index contributed by atoms with van der Waals surface area (Å²) in [6.07, 6.45) is 3.91. The molecule has 0 bridgehead atoms. The lowest BCUT2D eigenvalue weighted by atomic mass is 10.0. The van der Waals surface area contributed by atoms with Crippen LogP contribution in [0.5, 0.6) is 0 Å². The van der Waals surface area contributed by atoms with Crippen molar-refractivity contribution < 1.29 is 4.79 Å². The molecule has 0 aliphatic carbocycles. The van der Waals surface area contributed by atoms with Gasteiger partial charge in [-0.2, -0.15) is 5.10 Å². The molecule has 8 heteroatoms. The fourth-order valence-electron chi connectivity index (χ4n) is 4.90. The zero-order valence-electron chi connectivity index (χ0n) is 20.5. The second kappa shape index (κ2) is 9.13. The first-order valence-corrected chi connectivity index (χ1v) is 12.4. The second-order valence-electron chi connectivity index (χ2n) is 9.41. The average molecular weight is 480 g/mol. The normalized spacial score (nSPS) is 14.6. The molecule has 4 heterocycles. The Morgan fingerprint density at radius 3 is 2.67 bits per heavy atom. The molecule has 6 rings (SSSR count). The first-order valence-electron chi connectivity index (χ1n) is 12.4. The number of aromatic amines is 2. The highest BCUT2D eigenvalue weighted by Crippen LogP contribution is 2.35. The van der Waals surface area contributed by atoms with Crippen LogP contribution in [0.3, 0.4) is 0 Å². The maximum absolute atomic E-state index is 11.8. The maximum Gasteiger partial charge on any atom is 0.224 e. The van der Waals surface area contributed by atoms with Gasteiger partial charge in [-0.15, -0.1) is 0 Å². The lowest BCUT2D eigenvalue weighted by Gasteiger charge is -2.34. The number of fused-ring (bicyclic) bond motifs is 2. The van der Waals surface area contributed by atoms with E-state index >= 15 is 0 Å². The fourth-order valence-corrected chi connectivity index (χ4v) is 4.90. The number of nitrogens with one attached hydrogen (secondary N) is 3. The van der Waals surface area contributed by atoms with Crippen molar-refractivity contribution in [2.45, 2.75) is 13.3 Å². The lowest BCUT2D eigenvalue weighted by Crippen LogP contribution is -2.44. The number of benzene rings is 2. The van der Waals surface area contributed by atoms with Crippen molar-refractivity contribution in [2.24, 2.45) is 0 Å². The summed E-state index contributed by atoms with van der Waals surface area (Å²) in [7, 11) is 2.18. The molecule has 1 fully saturated rings. The smallest absolute Gasteiger partial charge is 0.224 e. The summed E-state index contributed by atoms with van der Waals surface area (Å²) >= 11 is 0. The van der Waals surface area contributed by atoms with Gasteiger partial charge in [0.2, 0.25) is 5.91 Å². The molecule has 182 valence electrons. The van der Waals surface area contributed by atoms with Crippen molar-refractivity contribution in [2.75, 3.05) is 43.4 Å². The van der Waals surface area contributed by atoms with Crippen molar-refractivity contribution in [3.05, 3.63) is 60.9 Å². The summed E-state index contributed by atoms with van der Waals surface area (Å²) in [5.74, 6) is -0.0312. The zero-order valence-corrected chi connectivity index (χ0v) is 20.5. The first kappa shape index (κ1) is 22.3. The molecular weight excluding hydrogens is 450 g/mol. The molecule has 0 spiro atoms. The number of hydrogen-bond donors (Lipinski definition) is 3. The number of amides is 1. The lowest BCUT2D eigenvalue weighted by molar-refractivity contribution is -0.115. The molecule has 5 aromatic rings. The van der Waals surface area contributed by atoms with Crippen molar-refractivity contribution >= 4 is 39.1 Å². The third kappa shape index (κ3) is 4.09. The van der Waals surface area contributed by atoms with Crippen LogP contribution in [0, 0.1) is 0 Å². The van der Waals surface area contributed by atoms with E-state index in [0.29, 0.717) is 12.1 Å². The molecule has 36 heavy (non-hydrogen) atoms. The van der Waals surface area contributed by atoms with E-state index in [4.69, 9.17) is 0 Å². The number of carbonyl (C=O) groups excluding carboxylic acids is 1. The third-order valence-corrected chi connectivity index (χ3v) is 6.98. The summed E-state index contributed by atoms with van der Waals surface area (Å²) in [5, 5.41) is 13.0. The third-order valence-electron chi connectivity index (χ3n) is 6.98. The zero-order chi connectivity index (χ0) is 24.6. The minimum Gasteiger partial charge on any atom is -0.368 e. The SMILES string of the molecule is CCC(=O)Nc1cncc(-c2ccc3[nH]nc(-c4cc5c(N6CCN(C)CC6)cccc5[nH]4)c3c2)c1. The standard InChI is InChI=1S/C28H29N7O/c1-3-27(36)30-20-13-19(16-29-17-20)18-7-8-24-22(14-18)28(33-32-24)25-15-21-23(31-25)5-4-6-26(21)35-11-9-34(2)10-12-35/h4-8,13-17,31H,3,9-12H2,1-2H3,(H,30,36)(H,32,33). The molecule has 0 unspecified atom stereocenters. The van der Waals surface area contributed by atoms with Crippen LogP contribution >= 0.6 is 0 Å². The minimum atomic E-state index is -0.0312. The van der Waals surface area contributed by atoms with Gasteiger partial charge in [0, 0.05) is 66.3 Å². The minimum absolute atomic E-state index is 0.0312. The van der Waals surface area contributed by atoms with Gasteiger partial charge >= 0.3 is 0 Å². The number of H-pyrrole nitrogens is 2. The van der Waals surface area contributed by atoms with Gasteiger partial charge in [-0.1, -0.05) is 19.1 Å². The number of anilines is 2. The van der Waals surface area contributed by atoms with Crippen LogP contribution in [0.4, 0.5) is 11.4 Å². The molecule has 0 atom stereocenters. The molecule has 8 nitrogen and oxygen atoms in total. The Hall–Kier alpha value is -4.17. The maximum atomic E-state index is 11.8. The Morgan fingerprint density at radius 1 is 0.972 bits per heavy atom. The largest absolute Gasteiger partial charge is 0.368 e. The number of aromatic nitrogens is 4. The van der Waals surface area contributed by atoms with Gasteiger partial charge in [0.25, 0.3) is 0 Å². The predicted octanol–water partition coefficient (Wildman–Crippen LogP) is 4.87. The molecule has 3 aromatic heterocycles. The summed E-state index contributed by atoms with van der Waals surface area (Å²) in [6, 6.07) is 16.8. The molecular formula is C28H29N7O. The highest BCUT2D eigenvalue weighted by molar-refractivity contribution is 6.01. The number of piperazine rings is 1. The Morgan fingerprint density at radius 2 is 1.83 bits per heavy atom. The van der Waals surface area contributed by atoms with Gasteiger partial charge in [0.05, 0.1) is 23.1 Å². The number of nitrogens with zero attached hydrogens (tertiary/aromatic N) is 4. The quantitative estimate of drug-likeness (QED) is 0.334. The average Bonchev–Trinajstić information content (AvgIpc) is 3.53. The van der Waals surface area contributed by atoms with Crippen molar-refractivity contribution in [3.8, 4) is 22.5 Å². The molecule has 1 aliphatic heterocycles. The van der Waals surface area contributed by atoms with Gasteiger partial charge in [-0.05, 0) is 49.0 Å². The van der Waals surface area contributed by atoms with Gasteiger partial charge in [-0.25, -0.2) is 0 Å². The molecule has 1 aliphatic rings. The number of likely N-dealkylation sites (N-methyl/N-ethyl adjacent to an activating group) is 1. The van der Waals surface area contributed by atoms with E-state index in [1.807, 2.05) is 31.3 Å². The highest BCUT2D eigenvalue weighted by atomic mass is 16.1. The van der Waals surface area contributed by atoms with E-state index in [1.54, 1.807) is 6.20 Å². The molecule has 3 N–H and O–H groups in total. The Kier molecular flexibility index (Phi) is 5.65. The van der Waals surface area contributed by atoms with Crippen LogP contribution in [0.15, 0.2) is 60.9 Å². The van der Waals surface area contributed by atoms with Crippen LogP contribution < -0.4 is 10.2 Å². The van der Waals surface area contributed by atoms with Crippen LogP contribution in [-0.4, -0.2) is 64.2 Å². The van der Waals surface area contributed by atoms with Crippen molar-refractivity contribution in [1.29, 1.82) is 0 Å². The van der Waals surface area contributed by atoms with Crippen LogP contribution in [0.1, 0.15) is 13.3 Å². The van der Waals surface area contributed by atoms with Crippen molar-refractivity contribution in [3.63, 3.8) is 0 Å². The molecule has 1 saturated heterocycles. The van der Waals surface area contributed by atoms with Gasteiger partial charge in [0.1, 0.15) is 5.69 Å². The van der Waals surface area contributed by atoms with Gasteiger partial charge in [0.15, 0.2) is 0 Å². The van der Waals surface area contributed by atoms with E-state index in [-0.39, 0.29) is 5.91 Å². The van der Waals surface area contributed by atoms with Gasteiger partial charge in [-0.3, -0.25) is 14.9 Å². The Labute approximate surface area is 209 Å². The van der Waals surface area contributed by atoms with Crippen molar-refractivity contribution in [1.82, 2.24) is 25.1 Å². The van der Waals surface area contributed by atoms with E-state index in [0.717, 1.165) is 65.1 Å². The number of pyridine rings is 1. The number of hydrogen-bond acceptors (Lipinski definition) is 5. The Balaban J connectivity index is 1.38. The monoisotopic (exact) mass is 479 g/mol. The van der Waals surface area contributed by atoms with Crippen LogP contribution in [0.25, 0.3) is 44.3 Å². The summed E-state index contributed by atoms with van der Waals surface area (Å²) < 4.78 is 0. The predicted molar refractivity (Wildman–Crippen MR) is 145 cm³/mol. The van der Waals surface area contributed by atoms with E-state index in [2.05, 4.69) is 72.7 Å². The molecule has 1 amide bonds. The fraction of sp³-hybridized carbons (Fsp3) is 0.250. The summed E-state index contributed by atoms with van der Waals surface area (Å²) in [5.41, 5.74) is 7.85. The molecule has 0 saturated carbocycles. The highest BCUT2D eigenvalue weighted by Gasteiger charge is 2.19. The van der Waals surface area contributed by atoms with E-state index < -0.39 is 0 Å². The van der Waals surface area contributed by atoms with E-state index in [9.17, 15) is 4.79 Å². The van der Waals surface area contributed by atoms with Crippen LogP contribution in [0.2, 0.25) is 0 Å². The van der Waals surface area contributed by atoms with Crippen LogP contribution in [-0.2, 0) is 4.79 Å².